The maximum absolute atomic E-state index is 13.4. The average molecular weight is 341 g/mol. The van der Waals surface area contributed by atoms with Crippen molar-refractivity contribution in [3.63, 3.8) is 0 Å². The summed E-state index contributed by atoms with van der Waals surface area (Å²) < 4.78 is 1.48. The smallest absolute Gasteiger partial charge is 0.267 e. The van der Waals surface area contributed by atoms with Crippen LogP contribution in [0.1, 0.15) is 27.3 Å². The summed E-state index contributed by atoms with van der Waals surface area (Å²) in [6.07, 6.45) is 0. The summed E-state index contributed by atoms with van der Waals surface area (Å²) in [5, 5.41) is 5.23. The topological polar surface area (TPSA) is 47.8 Å². The molecule has 26 heavy (non-hydrogen) atoms. The van der Waals surface area contributed by atoms with Gasteiger partial charge in [0.25, 0.3) is 5.91 Å². The van der Waals surface area contributed by atoms with Gasteiger partial charge in [0, 0.05) is 16.6 Å². The number of hydrogen-bond donors (Lipinski definition) is 0. The predicted molar refractivity (Wildman–Crippen MR) is 103 cm³/mol. The van der Waals surface area contributed by atoms with Crippen LogP contribution >= 0.6 is 0 Å². The monoisotopic (exact) mass is 341 g/mol. The molecular formula is C22H19N3O. The van der Waals surface area contributed by atoms with Gasteiger partial charge in [0.05, 0.1) is 22.5 Å². The lowest BCUT2D eigenvalue weighted by Gasteiger charge is -2.14. The van der Waals surface area contributed by atoms with Crippen LogP contribution in [0.2, 0.25) is 0 Å². The molecule has 128 valence electrons. The molecule has 0 N–H and O–H groups in total. The molecule has 0 aliphatic carbocycles. The standard InChI is InChI=1S/C22H19N3O/c1-14-13-15(2)25(24-14)22(26)20-16(3)21(17-9-5-4-6-10-17)23-19-12-8-7-11-18(19)20/h4-13H,1-3H3. The molecule has 0 saturated heterocycles. The Morgan fingerprint density at radius 2 is 1.62 bits per heavy atom. The Bertz CT molecular complexity index is 1130. The minimum atomic E-state index is -0.121. The van der Waals surface area contributed by atoms with E-state index < -0.39 is 0 Å². The van der Waals surface area contributed by atoms with E-state index in [0.29, 0.717) is 5.56 Å². The third kappa shape index (κ3) is 2.60. The van der Waals surface area contributed by atoms with Crippen molar-refractivity contribution in [1.29, 1.82) is 0 Å². The van der Waals surface area contributed by atoms with Crippen molar-refractivity contribution in [3.8, 4) is 11.3 Å². The molecule has 2 aromatic heterocycles. The highest BCUT2D eigenvalue weighted by molar-refractivity contribution is 6.09. The second kappa shape index (κ2) is 6.23. The first-order valence-electron chi connectivity index (χ1n) is 8.59. The molecule has 0 unspecified atom stereocenters. The van der Waals surface area contributed by atoms with Crippen molar-refractivity contribution in [2.45, 2.75) is 20.8 Å². The number of aromatic nitrogens is 3. The summed E-state index contributed by atoms with van der Waals surface area (Å²) in [6, 6.07) is 19.6. The Morgan fingerprint density at radius 1 is 0.923 bits per heavy atom. The van der Waals surface area contributed by atoms with E-state index in [4.69, 9.17) is 4.98 Å². The molecule has 0 atom stereocenters. The number of nitrogens with zero attached hydrogens (tertiary/aromatic N) is 3. The van der Waals surface area contributed by atoms with E-state index in [1.165, 1.54) is 4.68 Å². The molecule has 0 amide bonds. The van der Waals surface area contributed by atoms with Crippen LogP contribution in [-0.4, -0.2) is 20.7 Å². The van der Waals surface area contributed by atoms with Crippen molar-refractivity contribution >= 4 is 16.8 Å². The summed E-state index contributed by atoms with van der Waals surface area (Å²) in [5.41, 5.74) is 5.81. The van der Waals surface area contributed by atoms with E-state index in [-0.39, 0.29) is 5.91 Å². The van der Waals surface area contributed by atoms with Crippen LogP contribution in [0.25, 0.3) is 22.2 Å². The Kier molecular flexibility index (Phi) is 3.88. The molecule has 0 aliphatic rings. The summed E-state index contributed by atoms with van der Waals surface area (Å²) in [7, 11) is 0. The number of carbonyl (C=O) groups excluding carboxylic acids is 1. The van der Waals surface area contributed by atoms with Crippen LogP contribution in [-0.2, 0) is 0 Å². The molecule has 4 heteroatoms. The molecule has 0 fully saturated rings. The second-order valence-electron chi connectivity index (χ2n) is 6.49. The van der Waals surface area contributed by atoms with Crippen molar-refractivity contribution in [3.05, 3.63) is 83.2 Å². The van der Waals surface area contributed by atoms with Gasteiger partial charge in [-0.05, 0) is 38.5 Å². The van der Waals surface area contributed by atoms with Crippen molar-refractivity contribution < 1.29 is 4.79 Å². The van der Waals surface area contributed by atoms with Crippen molar-refractivity contribution in [2.75, 3.05) is 0 Å². The number of hydrogen-bond acceptors (Lipinski definition) is 3. The molecule has 0 bridgehead atoms. The van der Waals surface area contributed by atoms with Crippen LogP contribution < -0.4 is 0 Å². The summed E-state index contributed by atoms with van der Waals surface area (Å²) >= 11 is 0. The van der Waals surface area contributed by atoms with Gasteiger partial charge in [0.15, 0.2) is 0 Å². The van der Waals surface area contributed by atoms with Crippen LogP contribution in [0.3, 0.4) is 0 Å². The lowest BCUT2D eigenvalue weighted by molar-refractivity contribution is 0.0943. The summed E-state index contributed by atoms with van der Waals surface area (Å²) in [5.74, 6) is -0.121. The summed E-state index contributed by atoms with van der Waals surface area (Å²) in [6.45, 7) is 5.75. The SMILES string of the molecule is Cc1cc(C)n(C(=O)c2c(C)c(-c3ccccc3)nc3ccccc23)n1. The Balaban J connectivity index is 2.03. The van der Waals surface area contributed by atoms with Gasteiger partial charge >= 0.3 is 0 Å². The second-order valence-corrected chi connectivity index (χ2v) is 6.49. The van der Waals surface area contributed by atoms with E-state index in [1.807, 2.05) is 81.4 Å². The number of aryl methyl sites for hydroxylation is 2. The third-order valence-electron chi connectivity index (χ3n) is 4.60. The van der Waals surface area contributed by atoms with Gasteiger partial charge in [-0.25, -0.2) is 9.67 Å². The minimum absolute atomic E-state index is 0.121. The molecule has 4 rings (SSSR count). The van der Waals surface area contributed by atoms with Crippen molar-refractivity contribution in [2.24, 2.45) is 0 Å². The highest BCUT2D eigenvalue weighted by Gasteiger charge is 2.21. The Morgan fingerprint density at radius 3 is 2.31 bits per heavy atom. The minimum Gasteiger partial charge on any atom is -0.267 e. The zero-order chi connectivity index (χ0) is 18.3. The Hall–Kier alpha value is -3.27. The zero-order valence-electron chi connectivity index (χ0n) is 15.0. The van der Waals surface area contributed by atoms with Gasteiger partial charge in [0.2, 0.25) is 0 Å². The van der Waals surface area contributed by atoms with Gasteiger partial charge in [-0.15, -0.1) is 0 Å². The number of carbonyl (C=O) groups is 1. The highest BCUT2D eigenvalue weighted by atomic mass is 16.2. The van der Waals surface area contributed by atoms with Gasteiger partial charge in [-0.3, -0.25) is 4.79 Å². The zero-order valence-corrected chi connectivity index (χ0v) is 15.0. The van der Waals surface area contributed by atoms with E-state index >= 15 is 0 Å². The van der Waals surface area contributed by atoms with Crippen molar-refractivity contribution in [1.82, 2.24) is 14.8 Å². The molecule has 0 radical (unpaired) electrons. The number of benzene rings is 2. The predicted octanol–water partition coefficient (Wildman–Crippen LogP) is 4.71. The number of para-hydroxylation sites is 1. The molecular weight excluding hydrogens is 322 g/mol. The first-order chi connectivity index (χ1) is 12.6. The maximum Gasteiger partial charge on any atom is 0.279 e. The first-order valence-corrected chi connectivity index (χ1v) is 8.59. The maximum atomic E-state index is 13.4. The Labute approximate surface area is 152 Å². The lowest BCUT2D eigenvalue weighted by Crippen LogP contribution is -2.18. The largest absolute Gasteiger partial charge is 0.279 e. The molecule has 4 aromatic rings. The normalized spacial score (nSPS) is 11.0. The fraction of sp³-hybridized carbons (Fsp3) is 0.136. The molecule has 0 aliphatic heterocycles. The average Bonchev–Trinajstić information content (AvgIpc) is 2.99. The lowest BCUT2D eigenvalue weighted by atomic mass is 9.97. The number of pyridine rings is 1. The van der Waals surface area contributed by atoms with E-state index in [1.54, 1.807) is 0 Å². The molecule has 2 heterocycles. The molecule has 4 nitrogen and oxygen atoms in total. The van der Waals surface area contributed by atoms with Crippen LogP contribution in [0.15, 0.2) is 60.7 Å². The van der Waals surface area contributed by atoms with Gasteiger partial charge in [-0.1, -0.05) is 48.5 Å². The first kappa shape index (κ1) is 16.2. The third-order valence-corrected chi connectivity index (χ3v) is 4.60. The molecule has 0 saturated carbocycles. The molecule has 2 aromatic carbocycles. The van der Waals surface area contributed by atoms with E-state index in [0.717, 1.165) is 39.1 Å². The van der Waals surface area contributed by atoms with Gasteiger partial charge in [0.1, 0.15) is 0 Å². The summed E-state index contributed by atoms with van der Waals surface area (Å²) in [4.78, 5) is 18.2. The fourth-order valence-corrected chi connectivity index (χ4v) is 3.40. The highest BCUT2D eigenvalue weighted by Crippen LogP contribution is 2.30. The van der Waals surface area contributed by atoms with E-state index in [9.17, 15) is 4.79 Å². The van der Waals surface area contributed by atoms with E-state index in [2.05, 4.69) is 5.10 Å². The van der Waals surface area contributed by atoms with Crippen LogP contribution in [0.5, 0.6) is 0 Å². The van der Waals surface area contributed by atoms with Crippen LogP contribution in [0, 0.1) is 20.8 Å². The van der Waals surface area contributed by atoms with Crippen LogP contribution in [0.4, 0.5) is 0 Å². The molecule has 0 spiro atoms. The number of fused-ring (bicyclic) bond motifs is 1. The van der Waals surface area contributed by atoms with Gasteiger partial charge < -0.3 is 0 Å². The fourth-order valence-electron chi connectivity index (χ4n) is 3.40. The van der Waals surface area contributed by atoms with Gasteiger partial charge in [-0.2, -0.15) is 5.10 Å². The number of rotatable bonds is 2. The quantitative estimate of drug-likeness (QED) is 0.530.